The molecule has 3 rings (SSSR count). The van der Waals surface area contributed by atoms with Crippen molar-refractivity contribution in [2.75, 3.05) is 6.61 Å². The molecule has 9 heteroatoms. The van der Waals surface area contributed by atoms with Crippen molar-refractivity contribution in [2.24, 2.45) is 0 Å². The van der Waals surface area contributed by atoms with E-state index in [9.17, 15) is 17.6 Å². The number of benzene rings is 2. The summed E-state index contributed by atoms with van der Waals surface area (Å²) < 4.78 is 52.2. The Morgan fingerprint density at radius 1 is 1.17 bits per heavy atom. The van der Waals surface area contributed by atoms with Gasteiger partial charge in [-0.3, -0.25) is 4.79 Å². The number of hydrogen-bond acceptors (Lipinski definition) is 5. The van der Waals surface area contributed by atoms with Crippen LogP contribution >= 0.6 is 0 Å². The van der Waals surface area contributed by atoms with Gasteiger partial charge in [0.2, 0.25) is 15.9 Å². The average Bonchev–Trinajstić information content (AvgIpc) is 3.13. The Kier molecular flexibility index (Phi) is 6.42. The van der Waals surface area contributed by atoms with E-state index in [4.69, 9.17) is 9.15 Å². The number of carbonyl (C=O) groups is 1. The summed E-state index contributed by atoms with van der Waals surface area (Å²) in [7, 11) is -4.19. The van der Waals surface area contributed by atoms with Gasteiger partial charge < -0.3 is 14.5 Å². The van der Waals surface area contributed by atoms with E-state index in [1.54, 1.807) is 19.1 Å². The summed E-state index contributed by atoms with van der Waals surface area (Å²) in [6.45, 7) is 5.46. The lowest BCUT2D eigenvalue weighted by Crippen LogP contribution is -2.45. The van der Waals surface area contributed by atoms with Gasteiger partial charge in [-0.05, 0) is 45.0 Å². The average molecular weight is 434 g/mol. The van der Waals surface area contributed by atoms with Gasteiger partial charge in [0, 0.05) is 5.39 Å². The Morgan fingerprint density at radius 3 is 2.60 bits per heavy atom. The molecule has 2 aromatic carbocycles. The van der Waals surface area contributed by atoms with Gasteiger partial charge >= 0.3 is 0 Å². The smallest absolute Gasteiger partial charge is 0.244 e. The number of carbonyl (C=O) groups excluding carboxylic acids is 1. The molecule has 0 bridgehead atoms. The van der Waals surface area contributed by atoms with Crippen LogP contribution in [0.2, 0.25) is 0 Å². The van der Waals surface area contributed by atoms with Gasteiger partial charge in [0.15, 0.2) is 11.3 Å². The number of amides is 1. The van der Waals surface area contributed by atoms with Gasteiger partial charge in [-0.25, -0.2) is 12.8 Å². The summed E-state index contributed by atoms with van der Waals surface area (Å²) in [4.78, 5) is 12.0. The quantitative estimate of drug-likeness (QED) is 0.565. The maximum absolute atomic E-state index is 13.8. The lowest BCUT2D eigenvalue weighted by atomic mass is 10.2. The van der Waals surface area contributed by atoms with Crippen LogP contribution in [0, 0.1) is 5.82 Å². The minimum Gasteiger partial charge on any atom is -0.490 e. The summed E-state index contributed by atoms with van der Waals surface area (Å²) in [5, 5.41) is 3.53. The van der Waals surface area contributed by atoms with Crippen LogP contribution in [-0.4, -0.2) is 27.0 Å². The molecule has 1 heterocycles. The number of sulfonamides is 1. The van der Waals surface area contributed by atoms with Crippen LogP contribution in [0.15, 0.2) is 57.8 Å². The SMILES string of the molecule is CCOc1cccc2cc(C(C)NC(=O)[C@H](C)NS(=O)(=O)c3ccccc3F)oc12. The van der Waals surface area contributed by atoms with Crippen molar-refractivity contribution in [3.8, 4) is 5.75 Å². The molecule has 0 saturated carbocycles. The third kappa shape index (κ3) is 4.63. The van der Waals surface area contributed by atoms with Gasteiger partial charge in [-0.15, -0.1) is 0 Å². The second-order valence-corrected chi connectivity index (χ2v) is 8.44. The highest BCUT2D eigenvalue weighted by Gasteiger charge is 2.26. The van der Waals surface area contributed by atoms with E-state index in [1.165, 1.54) is 19.1 Å². The molecule has 1 unspecified atom stereocenters. The number of para-hydroxylation sites is 1. The van der Waals surface area contributed by atoms with Crippen LogP contribution in [0.25, 0.3) is 11.0 Å². The Bertz CT molecular complexity index is 1160. The zero-order chi connectivity index (χ0) is 21.9. The van der Waals surface area contributed by atoms with Crippen molar-refractivity contribution in [2.45, 2.75) is 37.8 Å². The van der Waals surface area contributed by atoms with Gasteiger partial charge in [0.05, 0.1) is 18.7 Å². The molecule has 1 amide bonds. The Labute approximate surface area is 174 Å². The highest BCUT2D eigenvalue weighted by Crippen LogP contribution is 2.31. The molecule has 0 radical (unpaired) electrons. The molecule has 1 aromatic heterocycles. The van der Waals surface area contributed by atoms with Crippen LogP contribution < -0.4 is 14.8 Å². The molecule has 0 fully saturated rings. The Hall–Kier alpha value is -2.91. The molecule has 2 N–H and O–H groups in total. The number of halogens is 1. The first-order chi connectivity index (χ1) is 14.2. The highest BCUT2D eigenvalue weighted by atomic mass is 32.2. The van der Waals surface area contributed by atoms with Crippen LogP contribution in [0.3, 0.4) is 0 Å². The minimum absolute atomic E-state index is 0.487. The first-order valence-corrected chi connectivity index (χ1v) is 10.9. The van der Waals surface area contributed by atoms with Crippen LogP contribution in [0.5, 0.6) is 5.75 Å². The van der Waals surface area contributed by atoms with Crippen LogP contribution in [0.4, 0.5) is 4.39 Å². The molecule has 2 atom stereocenters. The largest absolute Gasteiger partial charge is 0.490 e. The van der Waals surface area contributed by atoms with Gasteiger partial charge in [0.25, 0.3) is 0 Å². The molecular weight excluding hydrogens is 411 g/mol. The molecule has 0 aliphatic carbocycles. The fourth-order valence-corrected chi connectivity index (χ4v) is 4.24. The fourth-order valence-electron chi connectivity index (χ4n) is 2.96. The third-order valence-corrected chi connectivity index (χ3v) is 6.04. The monoisotopic (exact) mass is 434 g/mol. The van der Waals surface area contributed by atoms with Crippen molar-refractivity contribution in [1.82, 2.24) is 10.0 Å². The van der Waals surface area contributed by atoms with Gasteiger partial charge in [-0.1, -0.05) is 24.3 Å². The summed E-state index contributed by atoms with van der Waals surface area (Å²) in [5.74, 6) is -0.369. The Balaban J connectivity index is 1.71. The maximum Gasteiger partial charge on any atom is 0.244 e. The van der Waals surface area contributed by atoms with Gasteiger partial charge in [0.1, 0.15) is 16.5 Å². The van der Waals surface area contributed by atoms with Crippen molar-refractivity contribution in [3.05, 3.63) is 60.1 Å². The van der Waals surface area contributed by atoms with Crippen molar-refractivity contribution in [1.29, 1.82) is 0 Å². The van der Waals surface area contributed by atoms with Crippen molar-refractivity contribution < 1.29 is 26.8 Å². The number of ether oxygens (including phenoxy) is 1. The number of hydrogen-bond donors (Lipinski definition) is 2. The molecule has 0 aliphatic rings. The molecule has 0 saturated heterocycles. The predicted octanol–water partition coefficient (Wildman–Crippen LogP) is 3.51. The normalized spacial score (nSPS) is 13.7. The molecule has 3 aromatic rings. The zero-order valence-corrected chi connectivity index (χ0v) is 17.6. The molecule has 30 heavy (non-hydrogen) atoms. The predicted molar refractivity (Wildman–Crippen MR) is 110 cm³/mol. The van der Waals surface area contributed by atoms with E-state index in [2.05, 4.69) is 10.0 Å². The summed E-state index contributed by atoms with van der Waals surface area (Å²) in [6.07, 6.45) is 0. The topological polar surface area (TPSA) is 97.6 Å². The maximum atomic E-state index is 13.8. The van der Waals surface area contributed by atoms with Crippen LogP contribution in [0.1, 0.15) is 32.6 Å². The number of nitrogens with one attached hydrogen (secondary N) is 2. The van der Waals surface area contributed by atoms with E-state index in [0.717, 1.165) is 17.5 Å². The second-order valence-electron chi connectivity index (χ2n) is 6.76. The first kappa shape index (κ1) is 21.8. The van der Waals surface area contributed by atoms with E-state index in [-0.39, 0.29) is 0 Å². The third-order valence-electron chi connectivity index (χ3n) is 4.46. The van der Waals surface area contributed by atoms with Crippen molar-refractivity contribution in [3.63, 3.8) is 0 Å². The van der Waals surface area contributed by atoms with Crippen LogP contribution in [-0.2, 0) is 14.8 Å². The molecule has 0 aliphatic heterocycles. The van der Waals surface area contributed by atoms with E-state index in [1.807, 2.05) is 19.1 Å². The standard InChI is InChI=1S/C21H23FN2O5S/c1-4-28-17-10-7-8-15-12-18(29-20(15)17)13(2)23-21(25)14(3)24-30(26,27)19-11-6-5-9-16(19)22/h5-14,24H,4H2,1-3H3,(H,23,25)/t13?,14-/m0/s1. The summed E-state index contributed by atoms with van der Waals surface area (Å²) >= 11 is 0. The molecule has 7 nitrogen and oxygen atoms in total. The highest BCUT2D eigenvalue weighted by molar-refractivity contribution is 7.89. The van der Waals surface area contributed by atoms with Crippen molar-refractivity contribution >= 4 is 26.9 Å². The van der Waals surface area contributed by atoms with E-state index in [0.29, 0.717) is 23.7 Å². The number of furan rings is 1. The zero-order valence-electron chi connectivity index (χ0n) is 16.8. The lowest BCUT2D eigenvalue weighted by molar-refractivity contribution is -0.123. The lowest BCUT2D eigenvalue weighted by Gasteiger charge is -2.17. The van der Waals surface area contributed by atoms with Gasteiger partial charge in [-0.2, -0.15) is 4.72 Å². The number of fused-ring (bicyclic) bond motifs is 1. The molecular formula is C21H23FN2O5S. The minimum atomic E-state index is -4.19. The van der Waals surface area contributed by atoms with E-state index < -0.39 is 38.7 Å². The summed E-state index contributed by atoms with van der Waals surface area (Å²) in [5.41, 5.74) is 0.573. The fraction of sp³-hybridized carbons (Fsp3) is 0.286. The number of rotatable bonds is 8. The van der Waals surface area contributed by atoms with E-state index >= 15 is 0 Å². The first-order valence-electron chi connectivity index (χ1n) is 9.45. The summed E-state index contributed by atoms with van der Waals surface area (Å²) in [6, 6.07) is 10.6. The molecule has 160 valence electrons. The Morgan fingerprint density at radius 2 is 1.90 bits per heavy atom. The molecule has 0 spiro atoms. The second kappa shape index (κ2) is 8.85.